The molecule has 0 bridgehead atoms. The highest BCUT2D eigenvalue weighted by Crippen LogP contribution is 2.31. The van der Waals surface area contributed by atoms with Crippen LogP contribution in [0.1, 0.15) is 34.7 Å². The molecule has 2 aliphatic heterocycles. The number of benzene rings is 3. The van der Waals surface area contributed by atoms with Crippen molar-refractivity contribution in [2.24, 2.45) is 10.1 Å². The minimum Gasteiger partial charge on any atom is -0.490 e. The lowest BCUT2D eigenvalue weighted by molar-refractivity contribution is -0.114. The topological polar surface area (TPSA) is 87.3 Å². The second kappa shape index (κ2) is 11.1. The van der Waals surface area contributed by atoms with Crippen LogP contribution in [0, 0.1) is 19.3 Å². The quantitative estimate of drug-likeness (QED) is 0.289. The SMILES string of the molecule is CCc1cc(C)cc(OCCOc2ccc(/C=C3\C(=N)N4N=C(c5ccc(C)cc5)SC4=NC3=O)cc2)c1. The van der Waals surface area contributed by atoms with Gasteiger partial charge in [-0.1, -0.05) is 55.0 Å². The standard InChI is InChI=1S/C30H28N4O3S/c1-4-21-15-20(3)16-25(17-21)37-14-13-36-24-11-7-22(8-12-24)18-26-27(31)34-30(32-28(26)35)38-29(33-34)23-9-5-19(2)6-10-23/h5-12,15-18,31H,4,13-14H2,1-3H3/b26-18+,31-27?. The van der Waals surface area contributed by atoms with E-state index in [2.05, 4.69) is 36.1 Å². The van der Waals surface area contributed by atoms with Crippen LogP contribution in [0.2, 0.25) is 0 Å². The van der Waals surface area contributed by atoms with Gasteiger partial charge in [-0.15, -0.1) is 0 Å². The number of hydrogen-bond acceptors (Lipinski definition) is 6. The third kappa shape index (κ3) is 5.70. The molecule has 0 aliphatic carbocycles. The zero-order valence-electron chi connectivity index (χ0n) is 21.5. The molecule has 0 spiro atoms. The largest absolute Gasteiger partial charge is 0.490 e. The number of thioether (sulfide) groups is 1. The fourth-order valence-electron chi connectivity index (χ4n) is 4.06. The van der Waals surface area contributed by atoms with E-state index in [-0.39, 0.29) is 11.4 Å². The lowest BCUT2D eigenvalue weighted by atomic mass is 10.1. The van der Waals surface area contributed by atoms with Crippen LogP contribution in [0.5, 0.6) is 11.5 Å². The molecule has 0 radical (unpaired) electrons. The van der Waals surface area contributed by atoms with E-state index in [1.54, 1.807) is 6.08 Å². The number of carbonyl (C=O) groups excluding carboxylic acids is 1. The molecule has 2 aliphatic rings. The molecule has 3 aromatic carbocycles. The number of hydrogen-bond donors (Lipinski definition) is 1. The Hall–Kier alpha value is -4.17. The smallest absolute Gasteiger partial charge is 0.283 e. The number of rotatable bonds is 8. The molecule has 3 aromatic rings. The Labute approximate surface area is 226 Å². The van der Waals surface area contributed by atoms with Gasteiger partial charge in [-0.3, -0.25) is 10.2 Å². The first-order chi connectivity index (χ1) is 18.4. The Balaban J connectivity index is 1.21. The molecule has 0 atom stereocenters. The molecule has 0 unspecified atom stereocenters. The molecule has 7 nitrogen and oxygen atoms in total. The van der Waals surface area contributed by atoms with Gasteiger partial charge in [0.25, 0.3) is 5.91 Å². The van der Waals surface area contributed by atoms with Gasteiger partial charge in [0, 0.05) is 5.56 Å². The summed E-state index contributed by atoms with van der Waals surface area (Å²) in [5, 5.41) is 15.7. The lowest BCUT2D eigenvalue weighted by Gasteiger charge is -2.20. The highest BCUT2D eigenvalue weighted by Gasteiger charge is 2.36. The number of ether oxygens (including phenoxy) is 2. The highest BCUT2D eigenvalue weighted by molar-refractivity contribution is 8.27. The molecule has 1 N–H and O–H groups in total. The summed E-state index contributed by atoms with van der Waals surface area (Å²) in [6, 6.07) is 21.6. The van der Waals surface area contributed by atoms with E-state index in [0.717, 1.165) is 28.9 Å². The normalized spacial score (nSPS) is 15.9. The van der Waals surface area contributed by atoms with Gasteiger partial charge >= 0.3 is 0 Å². The van der Waals surface area contributed by atoms with Gasteiger partial charge in [-0.2, -0.15) is 15.1 Å². The maximum Gasteiger partial charge on any atom is 0.283 e. The number of hydrazone groups is 1. The number of carbonyl (C=O) groups is 1. The predicted molar refractivity (Wildman–Crippen MR) is 153 cm³/mol. The van der Waals surface area contributed by atoms with Crippen molar-refractivity contribution < 1.29 is 14.3 Å². The number of nitrogens with one attached hydrogen (secondary N) is 1. The van der Waals surface area contributed by atoms with Gasteiger partial charge in [0.05, 0.1) is 5.57 Å². The van der Waals surface area contributed by atoms with E-state index < -0.39 is 5.91 Å². The fourth-order valence-corrected chi connectivity index (χ4v) is 4.96. The van der Waals surface area contributed by atoms with Crippen molar-refractivity contribution in [2.45, 2.75) is 27.2 Å². The van der Waals surface area contributed by atoms with Crippen molar-refractivity contribution in [1.29, 1.82) is 5.41 Å². The van der Waals surface area contributed by atoms with Gasteiger partial charge in [-0.05, 0) is 79.1 Å². The first-order valence-corrected chi connectivity index (χ1v) is 13.2. The molecule has 0 aromatic heterocycles. The van der Waals surface area contributed by atoms with Crippen LogP contribution in [-0.2, 0) is 11.2 Å². The first kappa shape index (κ1) is 25.5. The molecule has 1 amide bonds. The Morgan fingerprint density at radius 1 is 0.921 bits per heavy atom. The van der Waals surface area contributed by atoms with E-state index in [1.165, 1.54) is 27.9 Å². The molecule has 0 saturated carbocycles. The maximum atomic E-state index is 12.7. The number of aryl methyl sites for hydroxylation is 3. The summed E-state index contributed by atoms with van der Waals surface area (Å²) in [5.41, 5.74) is 5.46. The molecule has 8 heteroatoms. The van der Waals surface area contributed by atoms with Crippen molar-refractivity contribution in [3.05, 3.63) is 100 Å². The molecule has 0 saturated heterocycles. The van der Waals surface area contributed by atoms with Gasteiger partial charge < -0.3 is 9.47 Å². The maximum absolute atomic E-state index is 12.7. The number of amidine groups is 2. The summed E-state index contributed by atoms with van der Waals surface area (Å²) >= 11 is 1.29. The minimum absolute atomic E-state index is 0.00876. The zero-order chi connectivity index (χ0) is 26.6. The van der Waals surface area contributed by atoms with E-state index in [4.69, 9.17) is 14.9 Å². The summed E-state index contributed by atoms with van der Waals surface area (Å²) < 4.78 is 11.7. The van der Waals surface area contributed by atoms with Crippen LogP contribution in [0.3, 0.4) is 0 Å². The van der Waals surface area contributed by atoms with E-state index in [9.17, 15) is 4.79 Å². The van der Waals surface area contributed by atoms with Gasteiger partial charge in [-0.25, -0.2) is 0 Å². The Kier molecular flexibility index (Phi) is 7.42. The average molecular weight is 525 g/mol. The average Bonchev–Trinajstić information content (AvgIpc) is 3.34. The van der Waals surface area contributed by atoms with E-state index in [0.29, 0.717) is 29.2 Å². The van der Waals surface area contributed by atoms with Crippen LogP contribution in [0.15, 0.2) is 82.4 Å². The lowest BCUT2D eigenvalue weighted by Crippen LogP contribution is -2.35. The summed E-state index contributed by atoms with van der Waals surface area (Å²) in [4.78, 5) is 16.9. The van der Waals surface area contributed by atoms with Crippen molar-refractivity contribution in [1.82, 2.24) is 5.01 Å². The van der Waals surface area contributed by atoms with Crippen LogP contribution < -0.4 is 9.47 Å². The van der Waals surface area contributed by atoms with Crippen LogP contribution in [0.25, 0.3) is 6.08 Å². The summed E-state index contributed by atoms with van der Waals surface area (Å²) in [5.74, 6) is 1.11. The van der Waals surface area contributed by atoms with Crippen LogP contribution in [0.4, 0.5) is 0 Å². The number of fused-ring (bicyclic) bond motifs is 1. The summed E-state index contributed by atoms with van der Waals surface area (Å²) in [6.07, 6.45) is 2.62. The number of amides is 1. The van der Waals surface area contributed by atoms with Gasteiger partial charge in [0.1, 0.15) is 29.8 Å². The molecular formula is C30H28N4O3S. The van der Waals surface area contributed by atoms with Gasteiger partial charge in [0.2, 0.25) is 5.17 Å². The minimum atomic E-state index is -0.450. The fraction of sp³-hybridized carbons (Fsp3) is 0.200. The van der Waals surface area contributed by atoms with Gasteiger partial charge in [0.15, 0.2) is 5.84 Å². The molecular weight excluding hydrogens is 496 g/mol. The molecule has 192 valence electrons. The van der Waals surface area contributed by atoms with Crippen LogP contribution in [-0.4, -0.2) is 40.2 Å². The molecule has 0 fully saturated rings. The van der Waals surface area contributed by atoms with E-state index in [1.807, 2.05) is 61.5 Å². The Morgan fingerprint density at radius 2 is 1.63 bits per heavy atom. The Bertz CT molecular complexity index is 1470. The second-order valence-corrected chi connectivity index (χ2v) is 10.0. The third-order valence-corrected chi connectivity index (χ3v) is 7.04. The van der Waals surface area contributed by atoms with Crippen molar-refractivity contribution in [2.75, 3.05) is 13.2 Å². The zero-order valence-corrected chi connectivity index (χ0v) is 22.3. The predicted octanol–water partition coefficient (Wildman–Crippen LogP) is 5.99. The highest BCUT2D eigenvalue weighted by atomic mass is 32.2. The Morgan fingerprint density at radius 3 is 2.34 bits per heavy atom. The third-order valence-electron chi connectivity index (χ3n) is 6.08. The number of nitrogens with zero attached hydrogens (tertiary/aromatic N) is 3. The van der Waals surface area contributed by atoms with E-state index >= 15 is 0 Å². The molecule has 5 rings (SSSR count). The van der Waals surface area contributed by atoms with Crippen molar-refractivity contribution in [3.63, 3.8) is 0 Å². The summed E-state index contributed by atoms with van der Waals surface area (Å²) in [7, 11) is 0. The molecule has 38 heavy (non-hydrogen) atoms. The van der Waals surface area contributed by atoms with Crippen molar-refractivity contribution in [3.8, 4) is 11.5 Å². The monoisotopic (exact) mass is 524 g/mol. The second-order valence-electron chi connectivity index (χ2n) is 9.07. The molecule has 2 heterocycles. The first-order valence-electron chi connectivity index (χ1n) is 12.4. The van der Waals surface area contributed by atoms with Crippen molar-refractivity contribution >= 4 is 39.8 Å². The summed E-state index contributed by atoms with van der Waals surface area (Å²) in [6.45, 7) is 7.05. The van der Waals surface area contributed by atoms with Crippen LogP contribution >= 0.6 is 11.8 Å². The number of aliphatic imine (C=N–C) groups is 1.